The van der Waals surface area contributed by atoms with Crippen molar-refractivity contribution >= 4 is 17.3 Å². The maximum Gasteiger partial charge on any atom is 0.291 e. The zero-order valence-corrected chi connectivity index (χ0v) is 7.53. The summed E-state index contributed by atoms with van der Waals surface area (Å²) < 4.78 is 12.6. The molecule has 0 amide bonds. The molecule has 8 heteroatoms. The van der Waals surface area contributed by atoms with Gasteiger partial charge in [0.1, 0.15) is 5.82 Å². The van der Waals surface area contributed by atoms with E-state index in [-0.39, 0.29) is 5.69 Å². The van der Waals surface area contributed by atoms with Crippen molar-refractivity contribution in [2.45, 2.75) is 0 Å². The highest BCUT2D eigenvalue weighted by Gasteiger charge is 1.98. The molecule has 6 nitrogen and oxygen atoms in total. The van der Waals surface area contributed by atoms with Crippen LogP contribution in [0.1, 0.15) is 0 Å². The van der Waals surface area contributed by atoms with E-state index >= 15 is 0 Å². The Morgan fingerprint density at radius 3 is 2.50 bits per heavy atom. The number of halogens is 2. The van der Waals surface area contributed by atoms with Gasteiger partial charge < -0.3 is 10.6 Å². The van der Waals surface area contributed by atoms with E-state index < -0.39 is 10.9 Å². The Morgan fingerprint density at radius 1 is 1.64 bits per heavy atom. The summed E-state index contributed by atoms with van der Waals surface area (Å²) in [5.74, 6) is 4.52. The molecule has 0 aliphatic carbocycles. The summed E-state index contributed by atoms with van der Waals surface area (Å²) in [6.45, 7) is 0. The van der Waals surface area contributed by atoms with Gasteiger partial charge >= 0.3 is 0 Å². The van der Waals surface area contributed by atoms with Crippen LogP contribution in [0.15, 0.2) is 18.2 Å². The van der Waals surface area contributed by atoms with Gasteiger partial charge in [0.15, 0.2) is 0 Å². The Balaban J connectivity index is 0.000000364. The molecule has 14 heavy (non-hydrogen) atoms. The molecule has 0 aromatic heterocycles. The molecule has 0 atom stereocenters. The summed E-state index contributed by atoms with van der Waals surface area (Å²) in [5, 5.41) is 14.0. The van der Waals surface area contributed by atoms with E-state index in [1.807, 2.05) is 0 Å². The van der Waals surface area contributed by atoms with Crippen LogP contribution < -0.4 is 11.3 Å². The first kappa shape index (κ1) is 12.4. The first-order valence-corrected chi connectivity index (χ1v) is 3.60. The minimum atomic E-state index is -1.50. The van der Waals surface area contributed by atoms with Crippen LogP contribution in [0.2, 0.25) is 5.02 Å². The predicted octanol–water partition coefficient (Wildman–Crippen LogP) is 1.42. The van der Waals surface area contributed by atoms with Gasteiger partial charge in [-0.05, 0) is 18.2 Å². The van der Waals surface area contributed by atoms with E-state index in [1.165, 1.54) is 12.1 Å². The number of nitrogen functional groups attached to an aromatic ring is 1. The molecular formula is C6H7ClFN3O3. The highest BCUT2D eigenvalue weighted by Crippen LogP contribution is 2.17. The average molecular weight is 224 g/mol. The van der Waals surface area contributed by atoms with Crippen molar-refractivity contribution in [2.24, 2.45) is 5.84 Å². The van der Waals surface area contributed by atoms with Crippen LogP contribution in [-0.2, 0) is 0 Å². The van der Waals surface area contributed by atoms with Crippen LogP contribution in [-0.4, -0.2) is 10.3 Å². The Hall–Kier alpha value is -1.60. The van der Waals surface area contributed by atoms with Crippen molar-refractivity contribution < 1.29 is 14.7 Å². The molecule has 78 valence electrons. The molecule has 0 aliphatic heterocycles. The summed E-state index contributed by atoms with van der Waals surface area (Å²) in [5.41, 5.74) is 2.43. The highest BCUT2D eigenvalue weighted by molar-refractivity contribution is 6.30. The van der Waals surface area contributed by atoms with Crippen LogP contribution >= 0.6 is 11.6 Å². The summed E-state index contributed by atoms with van der Waals surface area (Å²) >= 11 is 5.47. The zero-order valence-electron chi connectivity index (χ0n) is 6.78. The lowest BCUT2D eigenvalue weighted by Crippen LogP contribution is -2.08. The molecule has 0 aliphatic rings. The van der Waals surface area contributed by atoms with E-state index in [9.17, 15) is 4.39 Å². The lowest BCUT2D eigenvalue weighted by molar-refractivity contribution is -0.742. The number of nitrogens with zero attached hydrogens (tertiary/aromatic N) is 1. The number of hydrazine groups is 1. The van der Waals surface area contributed by atoms with Gasteiger partial charge in [-0.15, -0.1) is 10.1 Å². The molecule has 0 spiro atoms. The maximum atomic E-state index is 12.6. The van der Waals surface area contributed by atoms with Crippen molar-refractivity contribution in [1.29, 1.82) is 0 Å². The maximum absolute atomic E-state index is 12.6. The Kier molecular flexibility index (Phi) is 5.27. The van der Waals surface area contributed by atoms with Crippen LogP contribution in [0.25, 0.3) is 0 Å². The predicted molar refractivity (Wildman–Crippen MR) is 48.0 cm³/mol. The quantitative estimate of drug-likeness (QED) is 0.380. The lowest BCUT2D eigenvalue weighted by Gasteiger charge is -1.99. The second-order valence-electron chi connectivity index (χ2n) is 2.01. The van der Waals surface area contributed by atoms with Crippen LogP contribution in [0.4, 0.5) is 10.1 Å². The van der Waals surface area contributed by atoms with Crippen molar-refractivity contribution in [3.05, 3.63) is 39.2 Å². The normalized spacial score (nSPS) is 8.50. The topological polar surface area (TPSA) is 101 Å². The molecule has 0 fully saturated rings. The monoisotopic (exact) mass is 223 g/mol. The van der Waals surface area contributed by atoms with Crippen LogP contribution in [0.5, 0.6) is 0 Å². The molecule has 0 saturated heterocycles. The fourth-order valence-corrected chi connectivity index (χ4v) is 0.765. The molecule has 1 aromatic rings. The summed E-state index contributed by atoms with van der Waals surface area (Å²) in [7, 11) is 0. The smallest absolute Gasteiger partial charge is 0.291 e. The van der Waals surface area contributed by atoms with E-state index in [2.05, 4.69) is 5.43 Å². The molecular weight excluding hydrogens is 217 g/mol. The SMILES string of the molecule is NNc1ccc(Cl)cc1F.O=[N+]([O-])O. The van der Waals surface area contributed by atoms with E-state index in [1.54, 1.807) is 6.07 Å². The van der Waals surface area contributed by atoms with E-state index in [4.69, 9.17) is 32.8 Å². The number of benzene rings is 1. The Morgan fingerprint density at radius 2 is 2.14 bits per heavy atom. The standard InChI is InChI=1S/C6H6ClFN2.HNO3/c7-4-1-2-6(10-9)5(8)3-4;2-1(3)4/h1-3,10H,9H2;(H,2,3,4). The summed E-state index contributed by atoms with van der Waals surface area (Å²) in [4.78, 5) is 8.36. The minimum absolute atomic E-state index is 0.240. The van der Waals surface area contributed by atoms with Gasteiger partial charge in [-0.25, -0.2) is 4.39 Å². The van der Waals surface area contributed by atoms with Gasteiger partial charge in [-0.1, -0.05) is 11.6 Å². The molecule has 4 N–H and O–H groups in total. The largest absolute Gasteiger partial charge is 0.328 e. The van der Waals surface area contributed by atoms with Gasteiger partial charge in [-0.3, -0.25) is 5.84 Å². The first-order chi connectivity index (χ1) is 6.47. The van der Waals surface area contributed by atoms with Gasteiger partial charge in [0, 0.05) is 5.02 Å². The van der Waals surface area contributed by atoms with Gasteiger partial charge in [0.25, 0.3) is 5.09 Å². The third kappa shape index (κ3) is 5.12. The second kappa shape index (κ2) is 5.95. The summed E-state index contributed by atoms with van der Waals surface area (Å²) in [6, 6.07) is 4.22. The molecule has 0 saturated carbocycles. The van der Waals surface area contributed by atoms with Gasteiger partial charge in [-0.2, -0.15) is 0 Å². The van der Waals surface area contributed by atoms with Crippen molar-refractivity contribution in [1.82, 2.24) is 0 Å². The molecule has 1 aromatic carbocycles. The number of nitrogens with two attached hydrogens (primary N) is 1. The molecule has 0 radical (unpaired) electrons. The number of rotatable bonds is 1. The zero-order chi connectivity index (χ0) is 11.1. The third-order valence-electron chi connectivity index (χ3n) is 1.09. The number of nitrogens with one attached hydrogen (secondary N) is 1. The molecule has 0 unspecified atom stereocenters. The van der Waals surface area contributed by atoms with Crippen molar-refractivity contribution in [3.8, 4) is 0 Å². The van der Waals surface area contributed by atoms with Crippen LogP contribution in [0.3, 0.4) is 0 Å². The average Bonchev–Trinajstić information content (AvgIpc) is 2.03. The van der Waals surface area contributed by atoms with Crippen molar-refractivity contribution in [3.63, 3.8) is 0 Å². The molecule has 1 rings (SSSR count). The highest BCUT2D eigenvalue weighted by atomic mass is 35.5. The summed E-state index contributed by atoms with van der Waals surface area (Å²) in [6.07, 6.45) is 0. The third-order valence-corrected chi connectivity index (χ3v) is 1.32. The fourth-order valence-electron chi connectivity index (χ4n) is 0.607. The number of anilines is 1. The Labute approximate surface area is 83.2 Å². The fraction of sp³-hybridized carbons (Fsp3) is 0. The first-order valence-electron chi connectivity index (χ1n) is 3.22. The van der Waals surface area contributed by atoms with Crippen molar-refractivity contribution in [2.75, 3.05) is 5.43 Å². The van der Waals surface area contributed by atoms with Crippen LogP contribution in [0, 0.1) is 15.9 Å². The molecule has 0 heterocycles. The lowest BCUT2D eigenvalue weighted by atomic mass is 10.3. The number of hydrogen-bond donors (Lipinski definition) is 3. The minimum Gasteiger partial charge on any atom is -0.328 e. The van der Waals surface area contributed by atoms with E-state index in [0.717, 1.165) is 0 Å². The number of hydrogen-bond acceptors (Lipinski definition) is 4. The molecule has 0 bridgehead atoms. The van der Waals surface area contributed by atoms with E-state index in [0.29, 0.717) is 5.02 Å². The Bertz CT molecular complexity index is 319. The second-order valence-corrected chi connectivity index (χ2v) is 2.44. The van der Waals surface area contributed by atoms with Gasteiger partial charge in [0.05, 0.1) is 5.69 Å². The van der Waals surface area contributed by atoms with Gasteiger partial charge in [0.2, 0.25) is 0 Å².